The molecular weight excluding hydrogens is 154 g/mol. The van der Waals surface area contributed by atoms with Crippen molar-refractivity contribution in [1.82, 2.24) is 4.90 Å². The van der Waals surface area contributed by atoms with Crippen LogP contribution in [0, 0.1) is 5.92 Å². The van der Waals surface area contributed by atoms with E-state index in [-0.39, 0.29) is 6.61 Å². The molecular formula is C9H17NO2. The van der Waals surface area contributed by atoms with Crippen molar-refractivity contribution < 1.29 is 10.2 Å². The number of hydrogen-bond donors (Lipinski definition) is 2. The van der Waals surface area contributed by atoms with E-state index in [1.807, 2.05) is 0 Å². The van der Waals surface area contributed by atoms with Crippen LogP contribution in [0.4, 0.5) is 0 Å². The first-order chi connectivity index (χ1) is 5.86. The summed E-state index contributed by atoms with van der Waals surface area (Å²) in [4.78, 5) is 2.38. The van der Waals surface area contributed by atoms with Crippen molar-refractivity contribution in [3.8, 4) is 0 Å². The normalized spacial score (nSPS) is 42.0. The molecule has 0 aromatic rings. The Morgan fingerprint density at radius 1 is 1.25 bits per heavy atom. The summed E-state index contributed by atoms with van der Waals surface area (Å²) in [6.07, 6.45) is 3.47. The smallest absolute Gasteiger partial charge is 0.0586 e. The third-order valence-electron chi connectivity index (χ3n) is 3.18. The van der Waals surface area contributed by atoms with Gasteiger partial charge in [-0.05, 0) is 31.7 Å². The first kappa shape index (κ1) is 8.48. The van der Waals surface area contributed by atoms with E-state index >= 15 is 0 Å². The van der Waals surface area contributed by atoms with Gasteiger partial charge in [0.15, 0.2) is 0 Å². The molecule has 2 rings (SSSR count). The summed E-state index contributed by atoms with van der Waals surface area (Å²) in [5.41, 5.74) is 0. The van der Waals surface area contributed by atoms with Crippen LogP contribution in [-0.2, 0) is 0 Å². The number of hydrogen-bond acceptors (Lipinski definition) is 3. The molecule has 12 heavy (non-hydrogen) atoms. The molecule has 0 bridgehead atoms. The van der Waals surface area contributed by atoms with E-state index in [2.05, 4.69) is 4.90 Å². The molecule has 3 heteroatoms. The molecule has 2 fully saturated rings. The Balaban J connectivity index is 1.87. The van der Waals surface area contributed by atoms with E-state index in [1.165, 1.54) is 6.42 Å². The predicted molar refractivity (Wildman–Crippen MR) is 45.8 cm³/mol. The van der Waals surface area contributed by atoms with E-state index in [1.54, 1.807) is 0 Å². The van der Waals surface area contributed by atoms with Gasteiger partial charge < -0.3 is 10.2 Å². The van der Waals surface area contributed by atoms with Crippen LogP contribution in [0.25, 0.3) is 0 Å². The third-order valence-corrected chi connectivity index (χ3v) is 3.18. The van der Waals surface area contributed by atoms with Gasteiger partial charge in [0.05, 0.1) is 6.61 Å². The summed E-state index contributed by atoms with van der Waals surface area (Å²) in [5.74, 6) is 0.497. The summed E-state index contributed by atoms with van der Waals surface area (Å²) < 4.78 is 0. The lowest BCUT2D eigenvalue weighted by atomic mass is 10.2. The summed E-state index contributed by atoms with van der Waals surface area (Å²) in [6.45, 7) is 1.72. The van der Waals surface area contributed by atoms with Gasteiger partial charge in [-0.1, -0.05) is 0 Å². The Hall–Kier alpha value is -0.120. The van der Waals surface area contributed by atoms with Gasteiger partial charge in [-0.25, -0.2) is 0 Å². The van der Waals surface area contributed by atoms with Gasteiger partial charge in [0, 0.05) is 18.7 Å². The minimum absolute atomic E-state index is 0.286. The molecule has 0 aromatic heterocycles. The summed E-state index contributed by atoms with van der Waals surface area (Å²) in [5, 5.41) is 18.0. The van der Waals surface area contributed by atoms with Gasteiger partial charge in [0.25, 0.3) is 0 Å². The van der Waals surface area contributed by atoms with Crippen molar-refractivity contribution in [3.05, 3.63) is 0 Å². The maximum atomic E-state index is 9.07. The number of nitrogens with zero attached hydrogens (tertiary/aromatic N) is 1. The van der Waals surface area contributed by atoms with E-state index < -0.39 is 0 Å². The molecule has 2 unspecified atom stereocenters. The van der Waals surface area contributed by atoms with Crippen molar-refractivity contribution >= 4 is 0 Å². The van der Waals surface area contributed by atoms with Crippen molar-refractivity contribution in [3.63, 3.8) is 0 Å². The molecule has 0 spiro atoms. The highest BCUT2D eigenvalue weighted by atomic mass is 16.3. The summed E-state index contributed by atoms with van der Waals surface area (Å²) in [7, 11) is 0. The Bertz CT molecular complexity index is 163. The van der Waals surface area contributed by atoms with Gasteiger partial charge in [-0.2, -0.15) is 0 Å². The van der Waals surface area contributed by atoms with Crippen molar-refractivity contribution in [1.29, 1.82) is 0 Å². The SMILES string of the molecule is OCC1CC1N1CCC[C@@H]1CO. The van der Waals surface area contributed by atoms with Crippen molar-refractivity contribution in [2.45, 2.75) is 31.3 Å². The quantitative estimate of drug-likeness (QED) is 0.619. The second-order valence-corrected chi connectivity index (χ2v) is 3.96. The van der Waals surface area contributed by atoms with Crippen LogP contribution in [-0.4, -0.2) is 47.0 Å². The molecule has 2 N–H and O–H groups in total. The van der Waals surface area contributed by atoms with Crippen molar-refractivity contribution in [2.75, 3.05) is 19.8 Å². The van der Waals surface area contributed by atoms with Gasteiger partial charge in [-0.3, -0.25) is 4.90 Å². The largest absolute Gasteiger partial charge is 0.396 e. The molecule has 2 aliphatic rings. The average Bonchev–Trinajstić information content (AvgIpc) is 2.74. The minimum atomic E-state index is 0.286. The average molecular weight is 171 g/mol. The molecule has 0 radical (unpaired) electrons. The lowest BCUT2D eigenvalue weighted by Gasteiger charge is -2.22. The fraction of sp³-hybridized carbons (Fsp3) is 1.00. The van der Waals surface area contributed by atoms with Crippen LogP contribution in [0.5, 0.6) is 0 Å². The molecule has 1 saturated carbocycles. The Morgan fingerprint density at radius 2 is 2.08 bits per heavy atom. The Labute approximate surface area is 73.0 Å². The Morgan fingerprint density at radius 3 is 2.67 bits per heavy atom. The molecule has 1 aliphatic heterocycles. The zero-order valence-electron chi connectivity index (χ0n) is 7.32. The maximum absolute atomic E-state index is 9.07. The number of aliphatic hydroxyl groups excluding tert-OH is 2. The standard InChI is InChI=1S/C9H17NO2/c11-5-7-4-9(7)10-3-1-2-8(10)6-12/h7-9,11-12H,1-6H2/t7?,8-,9?/m1/s1. The van der Waals surface area contributed by atoms with Crippen LogP contribution in [0.3, 0.4) is 0 Å². The predicted octanol–water partition coefficient (Wildman–Crippen LogP) is -0.176. The number of aliphatic hydroxyl groups is 2. The van der Waals surface area contributed by atoms with E-state index in [9.17, 15) is 0 Å². The Kier molecular flexibility index (Phi) is 2.35. The van der Waals surface area contributed by atoms with Gasteiger partial charge in [-0.15, -0.1) is 0 Å². The number of likely N-dealkylation sites (tertiary alicyclic amines) is 1. The molecule has 70 valence electrons. The molecule has 0 amide bonds. The van der Waals surface area contributed by atoms with Crippen LogP contribution >= 0.6 is 0 Å². The topological polar surface area (TPSA) is 43.7 Å². The highest BCUT2D eigenvalue weighted by molar-refractivity contribution is 4.98. The monoisotopic (exact) mass is 171 g/mol. The van der Waals surface area contributed by atoms with Crippen LogP contribution in [0.1, 0.15) is 19.3 Å². The van der Waals surface area contributed by atoms with Crippen LogP contribution < -0.4 is 0 Å². The van der Waals surface area contributed by atoms with Crippen molar-refractivity contribution in [2.24, 2.45) is 5.92 Å². The third kappa shape index (κ3) is 1.37. The highest BCUT2D eigenvalue weighted by Crippen LogP contribution is 2.39. The fourth-order valence-corrected chi connectivity index (χ4v) is 2.32. The zero-order valence-corrected chi connectivity index (χ0v) is 7.32. The molecule has 1 heterocycles. The minimum Gasteiger partial charge on any atom is -0.396 e. The molecule has 1 saturated heterocycles. The molecule has 1 aliphatic carbocycles. The number of rotatable bonds is 3. The van der Waals surface area contributed by atoms with Gasteiger partial charge in [0.2, 0.25) is 0 Å². The molecule has 3 atom stereocenters. The van der Waals surface area contributed by atoms with E-state index in [4.69, 9.17) is 10.2 Å². The summed E-state index contributed by atoms with van der Waals surface area (Å²) >= 11 is 0. The first-order valence-electron chi connectivity index (χ1n) is 4.84. The first-order valence-corrected chi connectivity index (χ1v) is 4.84. The van der Waals surface area contributed by atoms with Crippen LogP contribution in [0.2, 0.25) is 0 Å². The van der Waals surface area contributed by atoms with Crippen LogP contribution in [0.15, 0.2) is 0 Å². The maximum Gasteiger partial charge on any atom is 0.0586 e. The van der Waals surface area contributed by atoms with Gasteiger partial charge in [0.1, 0.15) is 0 Å². The second kappa shape index (κ2) is 3.32. The summed E-state index contributed by atoms with van der Waals surface area (Å²) in [6, 6.07) is 0.959. The molecule has 0 aromatic carbocycles. The molecule has 3 nitrogen and oxygen atoms in total. The van der Waals surface area contributed by atoms with Gasteiger partial charge >= 0.3 is 0 Å². The fourth-order valence-electron chi connectivity index (χ4n) is 2.32. The highest BCUT2D eigenvalue weighted by Gasteiger charge is 2.44. The lowest BCUT2D eigenvalue weighted by molar-refractivity contribution is 0.141. The zero-order chi connectivity index (χ0) is 8.55. The lowest BCUT2D eigenvalue weighted by Crippen LogP contribution is -2.35. The second-order valence-electron chi connectivity index (χ2n) is 3.96. The van der Waals surface area contributed by atoms with E-state index in [0.717, 1.165) is 19.4 Å². The van der Waals surface area contributed by atoms with E-state index in [0.29, 0.717) is 24.6 Å².